The number of thiazole rings is 1. The normalized spacial score (nSPS) is 12.5. The molecule has 2 aromatic heterocycles. The van der Waals surface area contributed by atoms with E-state index in [4.69, 9.17) is 0 Å². The van der Waals surface area contributed by atoms with Crippen LogP contribution in [-0.2, 0) is 22.3 Å². The van der Waals surface area contributed by atoms with Gasteiger partial charge < -0.3 is 0 Å². The molecule has 0 saturated carbocycles. The maximum absolute atomic E-state index is 12.6. The number of aromatic nitrogens is 1. The van der Waals surface area contributed by atoms with Gasteiger partial charge in [-0.3, -0.25) is 4.21 Å². The molecule has 2 aromatic carbocycles. The highest BCUT2D eigenvalue weighted by atomic mass is 32.2. The Morgan fingerprint density at radius 3 is 2.67 bits per heavy atom. The van der Waals surface area contributed by atoms with Crippen molar-refractivity contribution in [1.82, 2.24) is 4.98 Å². The third kappa shape index (κ3) is 3.34. The Labute approximate surface area is 151 Å². The number of nitrogens with zero attached hydrogens (tertiary/aromatic N) is 1. The summed E-state index contributed by atoms with van der Waals surface area (Å²) < 4.78 is 12.6. The fraction of sp³-hybridized carbons (Fsp3) is 0.105. The van der Waals surface area contributed by atoms with Gasteiger partial charge in [0.05, 0.1) is 16.3 Å². The third-order valence-corrected chi connectivity index (χ3v) is 6.97. The maximum Gasteiger partial charge on any atom is 0.133 e. The van der Waals surface area contributed by atoms with Crippen LogP contribution in [0.25, 0.3) is 20.7 Å². The minimum absolute atomic E-state index is 0.505. The minimum atomic E-state index is -0.964. The van der Waals surface area contributed by atoms with Crippen molar-refractivity contribution in [2.75, 3.05) is 0 Å². The van der Waals surface area contributed by atoms with E-state index in [2.05, 4.69) is 40.7 Å². The van der Waals surface area contributed by atoms with Crippen LogP contribution in [0.4, 0.5) is 0 Å². The topological polar surface area (TPSA) is 30.0 Å². The Hall–Kier alpha value is -1.82. The number of thiophene rings is 1. The smallest absolute Gasteiger partial charge is 0.133 e. The number of hydrogen-bond donors (Lipinski definition) is 0. The zero-order valence-corrected chi connectivity index (χ0v) is 15.3. The average molecular weight is 370 g/mol. The second kappa shape index (κ2) is 6.97. The molecule has 0 saturated heterocycles. The summed E-state index contributed by atoms with van der Waals surface area (Å²) in [5.74, 6) is 1.07. The molecular weight excluding hydrogens is 354 g/mol. The van der Waals surface area contributed by atoms with Gasteiger partial charge in [0.25, 0.3) is 0 Å². The zero-order valence-electron chi connectivity index (χ0n) is 12.8. The van der Waals surface area contributed by atoms with E-state index in [1.54, 1.807) is 22.7 Å². The molecule has 1 atom stereocenters. The number of hydrogen-bond acceptors (Lipinski definition) is 4. The van der Waals surface area contributed by atoms with E-state index in [-0.39, 0.29) is 0 Å². The van der Waals surface area contributed by atoms with Crippen LogP contribution in [-0.4, -0.2) is 9.19 Å². The van der Waals surface area contributed by atoms with Gasteiger partial charge in [0.15, 0.2) is 0 Å². The summed E-state index contributed by atoms with van der Waals surface area (Å²) in [6.45, 7) is 0. The molecule has 0 unspecified atom stereocenters. The number of benzene rings is 2. The highest BCUT2D eigenvalue weighted by Gasteiger charge is 2.10. The lowest BCUT2D eigenvalue weighted by Crippen LogP contribution is -2.00. The van der Waals surface area contributed by atoms with Crippen LogP contribution in [0.15, 0.2) is 65.4 Å². The first kappa shape index (κ1) is 15.7. The van der Waals surface area contributed by atoms with E-state index in [0.29, 0.717) is 11.5 Å². The molecule has 4 aromatic rings. The SMILES string of the molecule is O=[S@@](Cc1csc(-c2cccs2)n1)Cc1cccc2ccccc12. The Bertz CT molecular complexity index is 983. The molecule has 0 aliphatic heterocycles. The lowest BCUT2D eigenvalue weighted by Gasteiger charge is -2.06. The molecule has 0 amide bonds. The van der Waals surface area contributed by atoms with E-state index in [9.17, 15) is 4.21 Å². The fourth-order valence-corrected chi connectivity index (χ4v) is 5.61. The van der Waals surface area contributed by atoms with E-state index < -0.39 is 10.8 Å². The van der Waals surface area contributed by atoms with E-state index in [1.165, 1.54) is 15.6 Å². The summed E-state index contributed by atoms with van der Waals surface area (Å²) >= 11 is 3.31. The van der Waals surface area contributed by atoms with Gasteiger partial charge in [0.1, 0.15) is 5.01 Å². The van der Waals surface area contributed by atoms with Crippen molar-refractivity contribution >= 4 is 44.2 Å². The quantitative estimate of drug-likeness (QED) is 0.467. The molecule has 0 radical (unpaired) electrons. The molecule has 24 heavy (non-hydrogen) atoms. The maximum atomic E-state index is 12.6. The first-order valence-corrected chi connectivity index (χ1v) is 10.8. The molecule has 0 aliphatic carbocycles. The van der Waals surface area contributed by atoms with Crippen molar-refractivity contribution in [3.63, 3.8) is 0 Å². The van der Waals surface area contributed by atoms with Crippen LogP contribution in [0.5, 0.6) is 0 Å². The van der Waals surface area contributed by atoms with Crippen LogP contribution in [0.1, 0.15) is 11.3 Å². The number of rotatable bonds is 5. The van der Waals surface area contributed by atoms with Crippen LogP contribution in [0.2, 0.25) is 0 Å². The lowest BCUT2D eigenvalue weighted by atomic mass is 10.1. The van der Waals surface area contributed by atoms with Gasteiger partial charge in [-0.1, -0.05) is 48.5 Å². The van der Waals surface area contributed by atoms with Gasteiger partial charge in [0, 0.05) is 21.9 Å². The van der Waals surface area contributed by atoms with Gasteiger partial charge in [0.2, 0.25) is 0 Å². The van der Waals surface area contributed by atoms with E-state index in [1.807, 2.05) is 29.6 Å². The molecule has 0 bridgehead atoms. The van der Waals surface area contributed by atoms with Gasteiger partial charge in [-0.15, -0.1) is 22.7 Å². The average Bonchev–Trinajstić information content (AvgIpc) is 3.26. The summed E-state index contributed by atoms with van der Waals surface area (Å²) in [6, 6.07) is 18.5. The van der Waals surface area contributed by atoms with Gasteiger partial charge in [-0.2, -0.15) is 0 Å². The molecule has 0 N–H and O–H groups in total. The first-order chi connectivity index (χ1) is 11.8. The van der Waals surface area contributed by atoms with Gasteiger partial charge in [-0.25, -0.2) is 4.98 Å². The summed E-state index contributed by atoms with van der Waals surface area (Å²) in [6.07, 6.45) is 0. The molecule has 0 spiro atoms. The van der Waals surface area contributed by atoms with Crippen LogP contribution >= 0.6 is 22.7 Å². The first-order valence-electron chi connectivity index (χ1n) is 7.59. The minimum Gasteiger partial charge on any atom is -0.259 e. The van der Waals surface area contributed by atoms with Gasteiger partial charge >= 0.3 is 0 Å². The van der Waals surface area contributed by atoms with Crippen LogP contribution in [0.3, 0.4) is 0 Å². The summed E-state index contributed by atoms with van der Waals surface area (Å²) in [5.41, 5.74) is 2.06. The predicted molar refractivity (Wildman–Crippen MR) is 105 cm³/mol. The third-order valence-electron chi connectivity index (χ3n) is 3.79. The summed E-state index contributed by atoms with van der Waals surface area (Å²) in [7, 11) is -0.964. The predicted octanol–water partition coefficient (Wildman–Crippen LogP) is 5.47. The van der Waals surface area contributed by atoms with Crippen molar-refractivity contribution in [3.05, 3.63) is 76.6 Å². The fourth-order valence-electron chi connectivity index (χ4n) is 2.69. The van der Waals surface area contributed by atoms with Crippen molar-refractivity contribution in [3.8, 4) is 9.88 Å². The lowest BCUT2D eigenvalue weighted by molar-refractivity contribution is 0.682. The van der Waals surface area contributed by atoms with Crippen LogP contribution < -0.4 is 0 Å². The molecule has 2 nitrogen and oxygen atoms in total. The Balaban J connectivity index is 1.50. The van der Waals surface area contributed by atoms with Crippen LogP contribution in [0, 0.1) is 0 Å². The summed E-state index contributed by atoms with van der Waals surface area (Å²) in [5, 5.41) is 7.47. The highest BCUT2D eigenvalue weighted by molar-refractivity contribution is 7.83. The monoisotopic (exact) mass is 369 g/mol. The molecule has 5 heteroatoms. The van der Waals surface area contributed by atoms with E-state index in [0.717, 1.165) is 16.3 Å². The highest BCUT2D eigenvalue weighted by Crippen LogP contribution is 2.28. The Morgan fingerprint density at radius 2 is 1.79 bits per heavy atom. The van der Waals surface area contributed by atoms with Crippen molar-refractivity contribution in [2.45, 2.75) is 11.5 Å². The second-order valence-electron chi connectivity index (χ2n) is 5.49. The molecule has 120 valence electrons. The molecule has 4 rings (SSSR count). The molecule has 0 fully saturated rings. The Morgan fingerprint density at radius 1 is 0.917 bits per heavy atom. The second-order valence-corrected chi connectivity index (χ2v) is 8.75. The van der Waals surface area contributed by atoms with Gasteiger partial charge in [-0.05, 0) is 27.8 Å². The molecule has 2 heterocycles. The van der Waals surface area contributed by atoms with E-state index >= 15 is 0 Å². The number of fused-ring (bicyclic) bond motifs is 1. The van der Waals surface area contributed by atoms with Crippen molar-refractivity contribution < 1.29 is 4.21 Å². The summed E-state index contributed by atoms with van der Waals surface area (Å²) in [4.78, 5) is 5.80. The molecular formula is C19H15NOS3. The Kier molecular flexibility index (Phi) is 4.56. The zero-order chi connectivity index (χ0) is 16.4. The van der Waals surface area contributed by atoms with Crippen molar-refractivity contribution in [2.24, 2.45) is 0 Å². The molecule has 0 aliphatic rings. The standard InChI is InChI=1S/C19H15NOS3/c21-24(12-15-7-3-6-14-5-1-2-8-17(14)15)13-16-11-23-19(20-16)18-9-4-10-22-18/h1-11H,12-13H2/t24-/m1/s1. The largest absolute Gasteiger partial charge is 0.259 e. The van der Waals surface area contributed by atoms with Crippen molar-refractivity contribution in [1.29, 1.82) is 0 Å².